The maximum atomic E-state index is 12.7. The topological polar surface area (TPSA) is 113 Å². The Kier molecular flexibility index (Phi) is 7.03. The van der Waals surface area contributed by atoms with Gasteiger partial charge in [0.15, 0.2) is 0 Å². The van der Waals surface area contributed by atoms with E-state index in [2.05, 4.69) is 21.6 Å². The molecule has 2 aliphatic rings. The second-order valence-corrected chi connectivity index (χ2v) is 7.66. The van der Waals surface area contributed by atoms with Crippen molar-refractivity contribution < 1.29 is 19.8 Å². The number of aliphatic hydroxyl groups is 1. The molecule has 0 radical (unpaired) electrons. The third-order valence-electron chi connectivity index (χ3n) is 6.01. The van der Waals surface area contributed by atoms with Gasteiger partial charge in [0.05, 0.1) is 12.1 Å². The molecule has 0 unspecified atom stereocenters. The number of carbonyl (C=O) groups is 2. The largest absolute Gasteiger partial charge is 0.483 e. The number of aliphatic hydroxyl groups excluding tert-OH is 1. The molecular weight excluding hydrogens is 374 g/mol. The molecule has 29 heavy (non-hydrogen) atoms. The number of hydrogen-bond acceptors (Lipinski definition) is 5. The van der Waals surface area contributed by atoms with E-state index < -0.39 is 0 Å². The van der Waals surface area contributed by atoms with E-state index in [9.17, 15) is 9.90 Å². The highest BCUT2D eigenvalue weighted by molar-refractivity contribution is 5.76. The van der Waals surface area contributed by atoms with E-state index in [0.717, 1.165) is 38.2 Å². The van der Waals surface area contributed by atoms with Crippen LogP contribution in [0.25, 0.3) is 0 Å². The van der Waals surface area contributed by atoms with Crippen molar-refractivity contribution in [3.05, 3.63) is 36.7 Å². The summed E-state index contributed by atoms with van der Waals surface area (Å²) in [6.45, 7) is 4.09. The van der Waals surface area contributed by atoms with E-state index in [0.29, 0.717) is 24.8 Å². The van der Waals surface area contributed by atoms with Crippen molar-refractivity contribution in [1.82, 2.24) is 24.2 Å². The SMILES string of the molecule is CCc1nccn1CCC(=O)N1C[C@H]2C[C@@H](n3cccn3)[C@H](O)C[C@H]2C1.O=CO. The summed E-state index contributed by atoms with van der Waals surface area (Å²) in [6.07, 6.45) is 10.1. The first kappa shape index (κ1) is 21.0. The van der Waals surface area contributed by atoms with E-state index in [4.69, 9.17) is 9.90 Å². The Morgan fingerprint density at radius 2 is 1.97 bits per heavy atom. The molecule has 4 rings (SSSR count). The van der Waals surface area contributed by atoms with Crippen LogP contribution in [0.5, 0.6) is 0 Å². The van der Waals surface area contributed by atoms with Gasteiger partial charge in [-0.25, -0.2) is 4.98 Å². The number of hydrogen-bond donors (Lipinski definition) is 2. The van der Waals surface area contributed by atoms with Gasteiger partial charge >= 0.3 is 0 Å². The summed E-state index contributed by atoms with van der Waals surface area (Å²) in [7, 11) is 0. The number of rotatable bonds is 5. The molecule has 2 aromatic rings. The fraction of sp³-hybridized carbons (Fsp3) is 0.600. The molecule has 4 atom stereocenters. The van der Waals surface area contributed by atoms with Crippen molar-refractivity contribution >= 4 is 12.4 Å². The summed E-state index contributed by atoms with van der Waals surface area (Å²) >= 11 is 0. The first-order valence-electron chi connectivity index (χ1n) is 10.1. The minimum Gasteiger partial charge on any atom is -0.483 e. The predicted octanol–water partition coefficient (Wildman–Crippen LogP) is 1.20. The van der Waals surface area contributed by atoms with E-state index in [1.807, 2.05) is 28.0 Å². The van der Waals surface area contributed by atoms with Gasteiger partial charge < -0.3 is 19.7 Å². The third kappa shape index (κ3) is 4.84. The van der Waals surface area contributed by atoms with Gasteiger partial charge in [-0.05, 0) is 30.7 Å². The van der Waals surface area contributed by atoms with Crippen LogP contribution in [0.2, 0.25) is 0 Å². The van der Waals surface area contributed by atoms with Crippen molar-refractivity contribution in [1.29, 1.82) is 0 Å². The Bertz CT molecular complexity index is 791. The summed E-state index contributed by atoms with van der Waals surface area (Å²) in [5.41, 5.74) is 0. The molecular formula is C20H29N5O4. The minimum absolute atomic E-state index is 0.0272. The van der Waals surface area contributed by atoms with Gasteiger partial charge in [-0.3, -0.25) is 14.3 Å². The Morgan fingerprint density at radius 3 is 2.62 bits per heavy atom. The molecule has 2 aromatic heterocycles. The number of likely N-dealkylation sites (tertiary alicyclic amines) is 1. The van der Waals surface area contributed by atoms with Crippen LogP contribution in [-0.2, 0) is 22.6 Å². The lowest BCUT2D eigenvalue weighted by atomic mass is 9.77. The van der Waals surface area contributed by atoms with Crippen LogP contribution in [0.15, 0.2) is 30.9 Å². The van der Waals surface area contributed by atoms with Crippen LogP contribution in [0.1, 0.15) is 38.1 Å². The first-order chi connectivity index (χ1) is 14.1. The monoisotopic (exact) mass is 403 g/mol. The number of carboxylic acid groups (broad SMARTS) is 1. The highest BCUT2D eigenvalue weighted by Crippen LogP contribution is 2.41. The van der Waals surface area contributed by atoms with Crippen LogP contribution >= 0.6 is 0 Å². The Labute approximate surface area is 170 Å². The molecule has 1 saturated carbocycles. The van der Waals surface area contributed by atoms with Crippen molar-refractivity contribution in [3.63, 3.8) is 0 Å². The second kappa shape index (κ2) is 9.69. The Hall–Kier alpha value is -2.68. The van der Waals surface area contributed by atoms with Crippen LogP contribution in [0.3, 0.4) is 0 Å². The summed E-state index contributed by atoms with van der Waals surface area (Å²) in [5.74, 6) is 2.09. The zero-order valence-electron chi connectivity index (χ0n) is 16.7. The van der Waals surface area contributed by atoms with Crippen molar-refractivity contribution in [3.8, 4) is 0 Å². The van der Waals surface area contributed by atoms with Crippen LogP contribution < -0.4 is 0 Å². The molecule has 9 nitrogen and oxygen atoms in total. The minimum atomic E-state index is -0.385. The smallest absolute Gasteiger partial charge is 0.290 e. The molecule has 1 saturated heterocycles. The van der Waals surface area contributed by atoms with Gasteiger partial charge in [0.1, 0.15) is 5.82 Å². The summed E-state index contributed by atoms with van der Waals surface area (Å²) < 4.78 is 3.94. The maximum Gasteiger partial charge on any atom is 0.290 e. The van der Waals surface area contributed by atoms with E-state index in [-0.39, 0.29) is 24.5 Å². The van der Waals surface area contributed by atoms with E-state index in [1.165, 1.54) is 0 Å². The number of carbonyl (C=O) groups excluding carboxylic acids is 1. The van der Waals surface area contributed by atoms with Crippen LogP contribution in [0, 0.1) is 11.8 Å². The lowest BCUT2D eigenvalue weighted by Crippen LogP contribution is -2.36. The fourth-order valence-corrected chi connectivity index (χ4v) is 4.60. The molecule has 1 amide bonds. The van der Waals surface area contributed by atoms with Crippen molar-refractivity contribution in [2.24, 2.45) is 11.8 Å². The number of nitrogens with zero attached hydrogens (tertiary/aromatic N) is 5. The molecule has 2 fully saturated rings. The van der Waals surface area contributed by atoms with Crippen LogP contribution in [-0.4, -0.2) is 66.0 Å². The van der Waals surface area contributed by atoms with Gasteiger partial charge in [0, 0.05) is 57.3 Å². The van der Waals surface area contributed by atoms with Gasteiger partial charge in [0.25, 0.3) is 6.47 Å². The lowest BCUT2D eigenvalue weighted by molar-refractivity contribution is -0.130. The Balaban J connectivity index is 0.000000755. The highest BCUT2D eigenvalue weighted by Gasteiger charge is 2.43. The molecule has 0 spiro atoms. The van der Waals surface area contributed by atoms with Crippen molar-refractivity contribution in [2.75, 3.05) is 13.1 Å². The van der Waals surface area contributed by atoms with Crippen LogP contribution in [0.4, 0.5) is 0 Å². The number of aryl methyl sites for hydroxylation is 2. The normalized spacial score (nSPS) is 25.8. The zero-order valence-corrected chi connectivity index (χ0v) is 16.7. The van der Waals surface area contributed by atoms with Gasteiger partial charge in [0.2, 0.25) is 5.91 Å². The molecule has 1 aliphatic heterocycles. The quantitative estimate of drug-likeness (QED) is 0.726. The number of aromatic nitrogens is 4. The molecule has 2 N–H and O–H groups in total. The average molecular weight is 403 g/mol. The summed E-state index contributed by atoms with van der Waals surface area (Å²) in [4.78, 5) is 27.4. The molecule has 3 heterocycles. The van der Waals surface area contributed by atoms with Crippen molar-refractivity contribution in [2.45, 2.75) is 51.3 Å². The third-order valence-corrected chi connectivity index (χ3v) is 6.01. The fourth-order valence-electron chi connectivity index (χ4n) is 4.60. The lowest BCUT2D eigenvalue weighted by Gasteiger charge is -2.35. The van der Waals surface area contributed by atoms with E-state index in [1.54, 1.807) is 12.4 Å². The maximum absolute atomic E-state index is 12.7. The Morgan fingerprint density at radius 1 is 1.24 bits per heavy atom. The number of amides is 1. The average Bonchev–Trinajstić information content (AvgIpc) is 3.45. The molecule has 0 aromatic carbocycles. The summed E-state index contributed by atoms with van der Waals surface area (Å²) in [5, 5.41) is 21.7. The highest BCUT2D eigenvalue weighted by atomic mass is 16.3. The molecule has 0 bridgehead atoms. The molecule has 1 aliphatic carbocycles. The zero-order chi connectivity index (χ0) is 20.8. The summed E-state index contributed by atoms with van der Waals surface area (Å²) in [6, 6.07) is 1.92. The molecule has 158 valence electrons. The first-order valence-corrected chi connectivity index (χ1v) is 10.1. The molecule has 9 heteroatoms. The predicted molar refractivity (Wildman–Crippen MR) is 105 cm³/mol. The van der Waals surface area contributed by atoms with Gasteiger partial charge in [-0.2, -0.15) is 5.10 Å². The number of fused-ring (bicyclic) bond motifs is 1. The van der Waals surface area contributed by atoms with Gasteiger partial charge in [-0.1, -0.05) is 6.92 Å². The van der Waals surface area contributed by atoms with E-state index >= 15 is 0 Å². The van der Waals surface area contributed by atoms with Gasteiger partial charge in [-0.15, -0.1) is 0 Å². The standard InChI is InChI=1S/C19H27N5O2.CH2O2/c1-2-18-20-6-9-22(18)8-4-19(26)23-12-14-10-16(24-7-3-5-21-24)17(25)11-15(14)13-23;2-1-3/h3,5-7,9,14-17,25H,2,4,8,10-13H2,1H3;1H,(H,2,3)/t14-,15+,16-,17-;/m1./s1. The second-order valence-electron chi connectivity index (χ2n) is 7.66. The number of imidazole rings is 1.